The lowest BCUT2D eigenvalue weighted by molar-refractivity contribution is -0.307. The molecule has 0 fully saturated rings. The van der Waals surface area contributed by atoms with Gasteiger partial charge in [0, 0.05) is 0 Å². The monoisotopic (exact) mass is 278 g/mol. The van der Waals surface area contributed by atoms with E-state index in [4.69, 9.17) is 4.74 Å². The van der Waals surface area contributed by atoms with Crippen molar-refractivity contribution in [2.45, 2.75) is 39.2 Å². The Morgan fingerprint density at radius 1 is 1.30 bits per heavy atom. The van der Waals surface area contributed by atoms with Gasteiger partial charge in [0.25, 0.3) is 5.91 Å². The summed E-state index contributed by atoms with van der Waals surface area (Å²) in [6.07, 6.45) is 0. The smallest absolute Gasteiger partial charge is 0.258 e. The minimum Gasteiger partial charge on any atom is -0.548 e. The highest BCUT2D eigenvalue weighted by Crippen LogP contribution is 2.30. The van der Waals surface area contributed by atoms with Gasteiger partial charge in [-0.25, -0.2) is 0 Å². The summed E-state index contributed by atoms with van der Waals surface area (Å²) in [6.45, 7) is 7.26. The molecule has 1 rings (SSSR count). The molecule has 5 nitrogen and oxygen atoms in total. The van der Waals surface area contributed by atoms with Gasteiger partial charge in [-0.15, -0.1) is 0 Å². The Morgan fingerprint density at radius 2 is 1.90 bits per heavy atom. The summed E-state index contributed by atoms with van der Waals surface area (Å²) in [5.41, 5.74) is 0.881. The van der Waals surface area contributed by atoms with E-state index in [1.54, 1.807) is 6.07 Å². The molecule has 1 aromatic carbocycles. The second kappa shape index (κ2) is 6.41. The van der Waals surface area contributed by atoms with Crippen molar-refractivity contribution in [2.24, 2.45) is 0 Å². The van der Waals surface area contributed by atoms with Crippen LogP contribution in [-0.4, -0.2) is 24.5 Å². The molecule has 0 spiro atoms. The molecule has 0 unspecified atom stereocenters. The lowest BCUT2D eigenvalue weighted by Crippen LogP contribution is -2.47. The van der Waals surface area contributed by atoms with Crippen LogP contribution in [-0.2, 0) is 15.0 Å². The topological polar surface area (TPSA) is 78.5 Å². The van der Waals surface area contributed by atoms with Crippen molar-refractivity contribution in [3.05, 3.63) is 29.8 Å². The number of carboxylic acid groups (broad SMARTS) is 1. The zero-order chi connectivity index (χ0) is 15.3. The highest BCUT2D eigenvalue weighted by atomic mass is 16.5. The summed E-state index contributed by atoms with van der Waals surface area (Å²) >= 11 is 0. The number of hydrogen-bond donors (Lipinski definition) is 1. The van der Waals surface area contributed by atoms with Gasteiger partial charge in [0.15, 0.2) is 6.61 Å². The first-order valence-corrected chi connectivity index (χ1v) is 6.44. The third-order valence-corrected chi connectivity index (χ3v) is 2.78. The Bertz CT molecular complexity index is 491. The Morgan fingerprint density at radius 3 is 2.45 bits per heavy atom. The lowest BCUT2D eigenvalue weighted by Gasteiger charge is -2.22. The summed E-state index contributed by atoms with van der Waals surface area (Å²) in [5, 5.41) is 12.8. The quantitative estimate of drug-likeness (QED) is 0.856. The van der Waals surface area contributed by atoms with Gasteiger partial charge in [-0.3, -0.25) is 4.79 Å². The van der Waals surface area contributed by atoms with Gasteiger partial charge >= 0.3 is 0 Å². The van der Waals surface area contributed by atoms with Crippen LogP contribution in [0.4, 0.5) is 0 Å². The predicted octanol–water partition coefficient (Wildman–Crippen LogP) is 0.617. The van der Waals surface area contributed by atoms with Crippen molar-refractivity contribution in [1.29, 1.82) is 0 Å². The fourth-order valence-corrected chi connectivity index (χ4v) is 1.70. The van der Waals surface area contributed by atoms with E-state index in [0.29, 0.717) is 5.75 Å². The van der Waals surface area contributed by atoms with Crippen molar-refractivity contribution >= 4 is 11.9 Å². The van der Waals surface area contributed by atoms with Crippen LogP contribution in [0.3, 0.4) is 0 Å². The summed E-state index contributed by atoms with van der Waals surface area (Å²) in [4.78, 5) is 22.1. The molecule has 20 heavy (non-hydrogen) atoms. The second-order valence-corrected chi connectivity index (χ2v) is 5.64. The van der Waals surface area contributed by atoms with E-state index in [2.05, 4.69) is 5.32 Å². The van der Waals surface area contributed by atoms with Gasteiger partial charge in [0.05, 0.1) is 12.0 Å². The fraction of sp³-hybridized carbons (Fsp3) is 0.467. The van der Waals surface area contributed by atoms with Crippen LogP contribution in [0.5, 0.6) is 5.75 Å². The summed E-state index contributed by atoms with van der Waals surface area (Å²) in [5.74, 6) is -1.20. The summed E-state index contributed by atoms with van der Waals surface area (Å²) < 4.78 is 5.48. The van der Waals surface area contributed by atoms with Crippen LogP contribution in [0.25, 0.3) is 0 Å². The van der Waals surface area contributed by atoms with Crippen molar-refractivity contribution in [2.75, 3.05) is 6.61 Å². The molecule has 0 bridgehead atoms. The molecule has 0 aliphatic carbocycles. The highest BCUT2D eigenvalue weighted by molar-refractivity contribution is 5.83. The number of carbonyl (C=O) groups is 2. The number of aliphatic carboxylic acids is 1. The zero-order valence-corrected chi connectivity index (χ0v) is 12.2. The third-order valence-electron chi connectivity index (χ3n) is 2.78. The molecule has 1 amide bonds. The minimum atomic E-state index is -1.33. The van der Waals surface area contributed by atoms with Gasteiger partial charge in [-0.2, -0.15) is 0 Å². The van der Waals surface area contributed by atoms with Crippen LogP contribution in [0, 0.1) is 0 Å². The Labute approximate surface area is 118 Å². The fourth-order valence-electron chi connectivity index (χ4n) is 1.70. The summed E-state index contributed by atoms with van der Waals surface area (Å²) in [6, 6.07) is 6.43. The predicted molar refractivity (Wildman–Crippen MR) is 73.2 cm³/mol. The van der Waals surface area contributed by atoms with Gasteiger partial charge < -0.3 is 20.0 Å². The standard InChI is InChI=1S/C15H21NO4/c1-10(14(18)19)16-13(17)9-20-12-8-6-5-7-11(12)15(2,3)4/h5-8,10H,9H2,1-4H3,(H,16,17)(H,18,19)/p-1/t10-/m0/s1. The van der Waals surface area contributed by atoms with Crippen molar-refractivity contribution in [3.8, 4) is 5.75 Å². The maximum Gasteiger partial charge on any atom is 0.258 e. The van der Waals surface area contributed by atoms with Gasteiger partial charge in [-0.1, -0.05) is 39.0 Å². The van der Waals surface area contributed by atoms with Crippen LogP contribution >= 0.6 is 0 Å². The number of hydrogen-bond acceptors (Lipinski definition) is 4. The van der Waals surface area contributed by atoms with E-state index < -0.39 is 17.9 Å². The average molecular weight is 278 g/mol. The maximum atomic E-state index is 11.6. The lowest BCUT2D eigenvalue weighted by atomic mass is 9.86. The van der Waals surface area contributed by atoms with E-state index >= 15 is 0 Å². The largest absolute Gasteiger partial charge is 0.548 e. The number of para-hydroxylation sites is 1. The van der Waals surface area contributed by atoms with Gasteiger partial charge in [0.1, 0.15) is 5.75 Å². The van der Waals surface area contributed by atoms with Crippen LogP contribution in [0.1, 0.15) is 33.3 Å². The molecule has 0 aliphatic rings. The van der Waals surface area contributed by atoms with Crippen molar-refractivity contribution in [1.82, 2.24) is 5.32 Å². The molecule has 0 aromatic heterocycles. The van der Waals surface area contributed by atoms with E-state index in [1.165, 1.54) is 6.92 Å². The molecule has 1 atom stereocenters. The zero-order valence-electron chi connectivity index (χ0n) is 12.2. The average Bonchev–Trinajstić information content (AvgIpc) is 2.35. The first-order valence-electron chi connectivity index (χ1n) is 6.44. The number of carbonyl (C=O) groups excluding carboxylic acids is 2. The minimum absolute atomic E-state index is 0.106. The molecule has 110 valence electrons. The number of amides is 1. The second-order valence-electron chi connectivity index (χ2n) is 5.64. The maximum absolute atomic E-state index is 11.6. The Balaban J connectivity index is 2.67. The van der Waals surface area contributed by atoms with Gasteiger partial charge in [-0.05, 0) is 24.0 Å². The molecule has 0 heterocycles. The first kappa shape index (κ1) is 16.0. The Hall–Kier alpha value is -2.04. The molecular formula is C15H20NO4-. The summed E-state index contributed by atoms with van der Waals surface area (Å²) in [7, 11) is 0. The molecule has 0 saturated heterocycles. The number of carboxylic acids is 1. The van der Waals surface area contributed by atoms with Crippen LogP contribution < -0.4 is 15.2 Å². The van der Waals surface area contributed by atoms with Crippen LogP contribution in [0.15, 0.2) is 24.3 Å². The molecule has 1 N–H and O–H groups in total. The number of benzene rings is 1. The van der Waals surface area contributed by atoms with Gasteiger partial charge in [0.2, 0.25) is 0 Å². The highest BCUT2D eigenvalue weighted by Gasteiger charge is 2.19. The molecule has 0 saturated carbocycles. The number of rotatable bonds is 5. The molecule has 0 radical (unpaired) electrons. The molecular weight excluding hydrogens is 258 g/mol. The first-order chi connectivity index (χ1) is 9.21. The molecule has 0 aliphatic heterocycles. The third kappa shape index (κ3) is 4.57. The van der Waals surface area contributed by atoms with Crippen molar-refractivity contribution in [3.63, 3.8) is 0 Å². The SMILES string of the molecule is C[C@H](NC(=O)COc1ccccc1C(C)(C)C)C(=O)[O-]. The molecule has 1 aromatic rings. The van der Waals surface area contributed by atoms with Crippen LogP contribution in [0.2, 0.25) is 0 Å². The normalized spacial score (nSPS) is 12.6. The number of ether oxygens (including phenoxy) is 1. The van der Waals surface area contributed by atoms with E-state index in [9.17, 15) is 14.7 Å². The van der Waals surface area contributed by atoms with E-state index in [-0.39, 0.29) is 12.0 Å². The Kier molecular flexibility index (Phi) is 5.13. The van der Waals surface area contributed by atoms with Crippen molar-refractivity contribution < 1.29 is 19.4 Å². The van der Waals surface area contributed by atoms with E-state index in [1.807, 2.05) is 39.0 Å². The molecule has 5 heteroatoms. The number of nitrogens with one attached hydrogen (secondary N) is 1. The van der Waals surface area contributed by atoms with E-state index in [0.717, 1.165) is 5.56 Å².